The van der Waals surface area contributed by atoms with Crippen LogP contribution in [0.15, 0.2) is 24.3 Å². The Morgan fingerprint density at radius 1 is 1.20 bits per heavy atom. The van der Waals surface area contributed by atoms with Crippen molar-refractivity contribution in [3.8, 4) is 0 Å². The van der Waals surface area contributed by atoms with Gasteiger partial charge in [0.2, 0.25) is 5.10 Å². The van der Waals surface area contributed by atoms with Crippen LogP contribution in [0.3, 0.4) is 0 Å². The number of benzene rings is 1. The number of unbranched alkanes of at least 4 members (excludes halogenated alkanes) is 2. The summed E-state index contributed by atoms with van der Waals surface area (Å²) in [5.74, 6) is -0.0609. The molecule has 1 aromatic carbocycles. The van der Waals surface area contributed by atoms with Gasteiger partial charge in [-0.1, -0.05) is 31.9 Å². The van der Waals surface area contributed by atoms with E-state index in [1.54, 1.807) is 24.3 Å². The van der Waals surface area contributed by atoms with Gasteiger partial charge in [-0.05, 0) is 12.5 Å². The smallest absolute Gasteiger partial charge is 0.462 e. The largest absolute Gasteiger partial charge is 0.739 e. The first kappa shape index (κ1) is 14.3. The summed E-state index contributed by atoms with van der Waals surface area (Å²) < 4.78 is 5.93. The Hall–Kier alpha value is -2.15. The molecule has 0 fully saturated rings. The molecule has 0 aliphatic heterocycles. The van der Waals surface area contributed by atoms with Gasteiger partial charge in [-0.15, -0.1) is 0 Å². The molecule has 1 aromatic heterocycles. The van der Waals surface area contributed by atoms with Gasteiger partial charge in [0.1, 0.15) is 0 Å². The van der Waals surface area contributed by atoms with E-state index in [-0.39, 0.29) is 23.7 Å². The zero-order valence-electron chi connectivity index (χ0n) is 11.4. The lowest BCUT2D eigenvalue weighted by molar-refractivity contribution is -0.672. The van der Waals surface area contributed by atoms with Crippen molar-refractivity contribution in [2.24, 2.45) is 0 Å². The van der Waals surface area contributed by atoms with Crippen molar-refractivity contribution < 1.29 is 14.3 Å². The number of nitrogens with zero attached hydrogens (tertiary/aromatic N) is 3. The van der Waals surface area contributed by atoms with Crippen LogP contribution in [0, 0.1) is 10.4 Å². The number of anilines is 1. The topological polar surface area (TPSA) is 88.0 Å². The van der Waals surface area contributed by atoms with E-state index in [9.17, 15) is 10.4 Å². The Bertz CT molecular complexity index is 577. The first-order valence-corrected chi connectivity index (χ1v) is 6.67. The molecular weight excluding hydrogens is 260 g/mol. The van der Waals surface area contributed by atoms with Crippen LogP contribution < -0.4 is 14.9 Å². The first-order chi connectivity index (χ1) is 9.74. The van der Waals surface area contributed by atoms with Gasteiger partial charge in [0, 0.05) is 10.9 Å². The van der Waals surface area contributed by atoms with E-state index in [2.05, 4.69) is 17.3 Å². The van der Waals surface area contributed by atoms with E-state index in [1.165, 1.54) is 0 Å². The average Bonchev–Trinajstić information content (AvgIpc) is 2.47. The molecule has 1 heterocycles. The Labute approximate surface area is 117 Å². The number of para-hydroxylation sites is 2. The summed E-state index contributed by atoms with van der Waals surface area (Å²) in [6.45, 7) is 2.88. The molecule has 2 aromatic rings. The molecule has 2 rings (SSSR count). The van der Waals surface area contributed by atoms with Crippen molar-refractivity contribution in [1.82, 2.24) is 5.10 Å². The fourth-order valence-electron chi connectivity index (χ4n) is 1.84. The highest BCUT2D eigenvalue weighted by Crippen LogP contribution is 2.05. The van der Waals surface area contributed by atoms with Gasteiger partial charge in [-0.25, -0.2) is 10.0 Å². The van der Waals surface area contributed by atoms with E-state index in [1.807, 2.05) is 0 Å². The monoisotopic (exact) mass is 278 g/mol. The first-order valence-electron chi connectivity index (χ1n) is 6.67. The minimum Gasteiger partial charge on any atom is -0.739 e. The molecule has 0 amide bonds. The quantitative estimate of drug-likeness (QED) is 0.354. The Morgan fingerprint density at radius 2 is 1.95 bits per heavy atom. The van der Waals surface area contributed by atoms with Gasteiger partial charge in [0.25, 0.3) is 5.52 Å². The van der Waals surface area contributed by atoms with Gasteiger partial charge in [0.05, 0.1) is 6.61 Å². The molecule has 0 aliphatic rings. The van der Waals surface area contributed by atoms with Crippen LogP contribution in [0.1, 0.15) is 26.2 Å². The summed E-state index contributed by atoms with van der Waals surface area (Å²) >= 11 is 0. The lowest BCUT2D eigenvalue weighted by Gasteiger charge is -2.09. The van der Waals surface area contributed by atoms with Crippen molar-refractivity contribution in [3.63, 3.8) is 0 Å². The number of fused-ring (bicyclic) bond motifs is 1. The van der Waals surface area contributed by atoms with Crippen LogP contribution in [0.4, 0.5) is 5.95 Å². The third-order valence-electron chi connectivity index (χ3n) is 2.91. The van der Waals surface area contributed by atoms with E-state index in [4.69, 9.17) is 4.74 Å². The normalized spacial score (nSPS) is 10.8. The van der Waals surface area contributed by atoms with Crippen LogP contribution in [-0.4, -0.2) is 18.4 Å². The van der Waals surface area contributed by atoms with Crippen LogP contribution in [-0.2, 0) is 4.74 Å². The summed E-state index contributed by atoms with van der Waals surface area (Å²) in [6.07, 6.45) is 3.21. The van der Waals surface area contributed by atoms with E-state index in [0.29, 0.717) is 16.2 Å². The Morgan fingerprint density at radius 3 is 2.70 bits per heavy atom. The Balaban J connectivity index is 2.02. The number of ether oxygens (including phenoxy) is 1. The fraction of sp³-hybridized carbons (Fsp3) is 0.462. The van der Waals surface area contributed by atoms with Crippen molar-refractivity contribution >= 4 is 17.0 Å². The fourth-order valence-corrected chi connectivity index (χ4v) is 1.84. The molecule has 7 nitrogen and oxygen atoms in total. The highest BCUT2D eigenvalue weighted by Gasteiger charge is 2.18. The van der Waals surface area contributed by atoms with Crippen molar-refractivity contribution in [3.05, 3.63) is 34.7 Å². The number of hydrogen-bond donors (Lipinski definition) is 1. The number of hydrogen-bond acceptors (Lipinski definition) is 5. The number of nitrogens with one attached hydrogen (secondary N) is 1. The molecule has 20 heavy (non-hydrogen) atoms. The second-order valence-corrected chi connectivity index (χ2v) is 4.42. The van der Waals surface area contributed by atoms with Crippen LogP contribution >= 0.6 is 0 Å². The molecule has 7 heteroatoms. The van der Waals surface area contributed by atoms with Crippen LogP contribution in [0.25, 0.3) is 11.0 Å². The third-order valence-corrected chi connectivity index (χ3v) is 2.91. The van der Waals surface area contributed by atoms with Crippen molar-refractivity contribution in [2.45, 2.75) is 26.2 Å². The van der Waals surface area contributed by atoms with Gasteiger partial charge in [0.15, 0.2) is 12.2 Å². The second-order valence-electron chi connectivity index (χ2n) is 4.42. The van der Waals surface area contributed by atoms with Crippen LogP contribution in [0.2, 0.25) is 0 Å². The SMILES string of the molecule is CCCCCOCNc1n[n+]([O-])c2ccccc2[n+]1[O-]. The van der Waals surface area contributed by atoms with Gasteiger partial charge in [-0.3, -0.25) is 0 Å². The number of rotatable bonds is 7. The molecule has 0 radical (unpaired) electrons. The molecule has 1 N–H and O–H groups in total. The molecule has 0 aliphatic carbocycles. The summed E-state index contributed by atoms with van der Waals surface area (Å²) in [7, 11) is 0. The minimum atomic E-state index is -0.0609. The van der Waals surface area contributed by atoms with Crippen molar-refractivity contribution in [1.29, 1.82) is 0 Å². The zero-order chi connectivity index (χ0) is 14.4. The zero-order valence-corrected chi connectivity index (χ0v) is 11.4. The summed E-state index contributed by atoms with van der Waals surface area (Å²) in [5.41, 5.74) is 0.503. The molecule has 0 bridgehead atoms. The lowest BCUT2D eigenvalue weighted by atomic mass is 10.3. The Kier molecular flexibility index (Phi) is 4.89. The van der Waals surface area contributed by atoms with E-state index >= 15 is 0 Å². The highest BCUT2D eigenvalue weighted by atomic mass is 16.5. The van der Waals surface area contributed by atoms with Gasteiger partial charge in [-0.2, -0.15) is 0 Å². The van der Waals surface area contributed by atoms with Crippen LogP contribution in [0.5, 0.6) is 0 Å². The molecule has 0 atom stereocenters. The molecule has 0 saturated carbocycles. The standard InChI is InChI=1S/C13H18N4O3/c1-2-3-6-9-20-10-14-13-15-17(19)12-8-5-4-7-11(12)16(13)18/h4-5,7-8H,2-3,6,9-10H2,1H3,(H,14,15). The summed E-state index contributed by atoms with van der Waals surface area (Å²) in [6, 6.07) is 6.50. The van der Waals surface area contributed by atoms with Crippen molar-refractivity contribution in [2.75, 3.05) is 18.7 Å². The summed E-state index contributed by atoms with van der Waals surface area (Å²) in [5, 5.41) is 30.1. The minimum absolute atomic E-state index is 0.0609. The molecular formula is C13H18N4O3. The molecule has 0 saturated heterocycles. The van der Waals surface area contributed by atoms with Gasteiger partial charge >= 0.3 is 5.95 Å². The predicted molar refractivity (Wildman–Crippen MR) is 73.6 cm³/mol. The predicted octanol–water partition coefficient (Wildman–Crippen LogP) is 1.08. The maximum Gasteiger partial charge on any atom is 0.462 e. The summed E-state index contributed by atoms with van der Waals surface area (Å²) in [4.78, 5) is 0.434. The third kappa shape index (κ3) is 3.24. The lowest BCUT2D eigenvalue weighted by Crippen LogP contribution is -2.44. The molecule has 108 valence electrons. The maximum atomic E-state index is 12.0. The highest BCUT2D eigenvalue weighted by molar-refractivity contribution is 5.67. The average molecular weight is 278 g/mol. The van der Waals surface area contributed by atoms with E-state index in [0.717, 1.165) is 19.3 Å². The molecule has 0 spiro atoms. The number of aromatic nitrogens is 3. The van der Waals surface area contributed by atoms with E-state index < -0.39 is 0 Å². The molecule has 0 unspecified atom stereocenters. The maximum absolute atomic E-state index is 12.0. The van der Waals surface area contributed by atoms with Gasteiger partial charge < -0.3 is 15.2 Å². The second kappa shape index (κ2) is 6.85.